The van der Waals surface area contributed by atoms with E-state index in [2.05, 4.69) is 25.7 Å². The summed E-state index contributed by atoms with van der Waals surface area (Å²) >= 11 is 1.38. The van der Waals surface area contributed by atoms with Crippen molar-refractivity contribution in [2.45, 2.75) is 45.5 Å². The van der Waals surface area contributed by atoms with Gasteiger partial charge in [0, 0.05) is 12.2 Å². The summed E-state index contributed by atoms with van der Waals surface area (Å²) in [6, 6.07) is 5.30. The van der Waals surface area contributed by atoms with Crippen LogP contribution in [0.2, 0.25) is 0 Å². The normalized spacial score (nSPS) is 12.8. The van der Waals surface area contributed by atoms with Gasteiger partial charge in [0.15, 0.2) is 0 Å². The quantitative estimate of drug-likeness (QED) is 0.470. The molecule has 0 saturated carbocycles. The molecule has 0 fully saturated rings. The average Bonchev–Trinajstić information content (AvgIpc) is 3.14. The molecule has 3 aromatic heterocycles. The first kappa shape index (κ1) is 21.8. The molecule has 3 rings (SSSR count). The van der Waals surface area contributed by atoms with Crippen LogP contribution in [0.4, 0.5) is 15.9 Å². The predicted molar refractivity (Wildman–Crippen MR) is 116 cm³/mol. The molecule has 1 amide bonds. The number of aromatic nitrogens is 3. The highest BCUT2D eigenvalue weighted by atomic mass is 32.1. The van der Waals surface area contributed by atoms with Crippen LogP contribution in [0.5, 0.6) is 0 Å². The molecule has 0 aromatic carbocycles. The molecule has 0 spiro atoms. The van der Waals surface area contributed by atoms with Crippen molar-refractivity contribution in [2.24, 2.45) is 0 Å². The second-order valence-corrected chi connectivity index (χ2v) is 8.61. The summed E-state index contributed by atoms with van der Waals surface area (Å²) in [5.41, 5.74) is 4.16. The van der Waals surface area contributed by atoms with Gasteiger partial charge < -0.3 is 10.4 Å². The van der Waals surface area contributed by atoms with Crippen LogP contribution in [0.1, 0.15) is 38.1 Å². The number of hydrazine groups is 1. The molecule has 160 valence electrons. The topological polar surface area (TPSA) is 103 Å². The molecule has 0 saturated heterocycles. The largest absolute Gasteiger partial charge is 0.387 e. The Bertz CT molecular complexity index is 1000. The molecule has 0 aliphatic rings. The average molecular weight is 433 g/mol. The van der Waals surface area contributed by atoms with E-state index in [4.69, 9.17) is 0 Å². The number of carbonyl (C=O) groups is 1. The minimum absolute atomic E-state index is 0.206. The third-order valence-corrected chi connectivity index (χ3v) is 5.04. The fourth-order valence-electron chi connectivity index (χ4n) is 2.59. The van der Waals surface area contributed by atoms with Gasteiger partial charge >= 0.3 is 0 Å². The standard InChI is InChI=1S/C20H25FN6O2S/c1-12(2)25-17-6-5-14(9-22-17)27(10-16(21)20(3,4)29)26-18(28)13-7-15-19(23-8-13)30-11-24-15/h5-9,11-12,16,29H,10H2,1-4H3,(H,22,25)(H,26,28)/t16-/m1/s1. The molecule has 0 aliphatic heterocycles. The van der Waals surface area contributed by atoms with Crippen molar-refractivity contribution >= 4 is 39.1 Å². The van der Waals surface area contributed by atoms with Crippen molar-refractivity contribution in [2.75, 3.05) is 16.9 Å². The van der Waals surface area contributed by atoms with Crippen molar-refractivity contribution in [3.8, 4) is 0 Å². The van der Waals surface area contributed by atoms with Gasteiger partial charge in [-0.15, -0.1) is 11.3 Å². The Hall–Kier alpha value is -2.85. The number of fused-ring (bicyclic) bond motifs is 1. The number of nitrogens with zero attached hydrogens (tertiary/aromatic N) is 4. The number of carbonyl (C=O) groups excluding carboxylic acids is 1. The van der Waals surface area contributed by atoms with Crippen molar-refractivity contribution < 1.29 is 14.3 Å². The number of anilines is 2. The lowest BCUT2D eigenvalue weighted by atomic mass is 10.0. The van der Waals surface area contributed by atoms with Crippen molar-refractivity contribution in [3.63, 3.8) is 0 Å². The first-order valence-corrected chi connectivity index (χ1v) is 10.4. The minimum Gasteiger partial charge on any atom is -0.387 e. The zero-order chi connectivity index (χ0) is 21.9. The van der Waals surface area contributed by atoms with Gasteiger partial charge in [0.2, 0.25) is 0 Å². The second kappa shape index (κ2) is 8.88. The summed E-state index contributed by atoms with van der Waals surface area (Å²) in [7, 11) is 0. The Morgan fingerprint density at radius 1 is 1.27 bits per heavy atom. The van der Waals surface area contributed by atoms with Crippen LogP contribution in [0.25, 0.3) is 10.3 Å². The van der Waals surface area contributed by atoms with Crippen LogP contribution in [0, 0.1) is 0 Å². The van der Waals surface area contributed by atoms with Crippen LogP contribution < -0.4 is 15.8 Å². The summed E-state index contributed by atoms with van der Waals surface area (Å²) in [5, 5.41) is 14.5. The van der Waals surface area contributed by atoms with Gasteiger partial charge in [0.1, 0.15) is 22.3 Å². The van der Waals surface area contributed by atoms with Crippen LogP contribution >= 0.6 is 11.3 Å². The summed E-state index contributed by atoms with van der Waals surface area (Å²) in [4.78, 5) is 26.2. The monoisotopic (exact) mass is 432 g/mol. The summed E-state index contributed by atoms with van der Waals surface area (Å²) < 4.78 is 14.6. The first-order chi connectivity index (χ1) is 14.1. The van der Waals surface area contributed by atoms with Crippen LogP contribution in [-0.2, 0) is 0 Å². The molecule has 3 heterocycles. The molecule has 3 aromatic rings. The molecule has 0 radical (unpaired) electrons. The van der Waals surface area contributed by atoms with E-state index in [9.17, 15) is 14.3 Å². The summed E-state index contributed by atoms with van der Waals surface area (Å²) in [6.07, 6.45) is 1.36. The lowest BCUT2D eigenvalue weighted by Crippen LogP contribution is -2.50. The molecule has 10 heteroatoms. The van der Waals surface area contributed by atoms with Gasteiger partial charge in [-0.3, -0.25) is 15.2 Å². The molecular weight excluding hydrogens is 407 g/mol. The maximum Gasteiger partial charge on any atom is 0.271 e. The highest BCUT2D eigenvalue weighted by molar-refractivity contribution is 7.16. The number of alkyl halides is 1. The van der Waals surface area contributed by atoms with Gasteiger partial charge in [-0.25, -0.2) is 19.3 Å². The maximum absolute atomic E-state index is 14.6. The van der Waals surface area contributed by atoms with Crippen LogP contribution in [0.15, 0.2) is 36.1 Å². The highest BCUT2D eigenvalue weighted by Crippen LogP contribution is 2.20. The van der Waals surface area contributed by atoms with Gasteiger partial charge in [-0.1, -0.05) is 0 Å². The molecule has 30 heavy (non-hydrogen) atoms. The van der Waals surface area contributed by atoms with Crippen molar-refractivity contribution in [3.05, 3.63) is 41.7 Å². The van der Waals surface area contributed by atoms with E-state index in [-0.39, 0.29) is 12.6 Å². The van der Waals surface area contributed by atoms with E-state index in [0.717, 1.165) is 4.83 Å². The van der Waals surface area contributed by atoms with Gasteiger partial charge in [0.05, 0.1) is 35.1 Å². The Morgan fingerprint density at radius 2 is 2.03 bits per heavy atom. The molecular formula is C20H25FN6O2S. The molecule has 0 aliphatic carbocycles. The molecule has 8 nitrogen and oxygen atoms in total. The minimum atomic E-state index is -1.62. The summed E-state index contributed by atoms with van der Waals surface area (Å²) in [6.45, 7) is 6.48. The number of hydrogen-bond acceptors (Lipinski definition) is 8. The molecule has 0 bridgehead atoms. The van der Waals surface area contributed by atoms with E-state index < -0.39 is 17.7 Å². The number of pyridine rings is 2. The van der Waals surface area contributed by atoms with E-state index in [1.54, 1.807) is 23.7 Å². The SMILES string of the molecule is CC(C)Nc1ccc(N(C[C@@H](F)C(C)(C)O)NC(=O)c2cnc3scnc3c2)cn1. The maximum atomic E-state index is 14.6. The van der Waals surface area contributed by atoms with E-state index in [1.165, 1.54) is 42.6 Å². The van der Waals surface area contributed by atoms with E-state index >= 15 is 0 Å². The van der Waals surface area contributed by atoms with E-state index in [1.807, 2.05) is 13.8 Å². The molecule has 3 N–H and O–H groups in total. The zero-order valence-electron chi connectivity index (χ0n) is 17.3. The summed E-state index contributed by atoms with van der Waals surface area (Å²) in [5.74, 6) is 0.197. The molecule has 0 unspecified atom stereocenters. The van der Waals surface area contributed by atoms with Crippen LogP contribution in [-0.4, -0.2) is 50.3 Å². The number of aliphatic hydroxyl groups is 1. The zero-order valence-corrected chi connectivity index (χ0v) is 18.1. The highest BCUT2D eigenvalue weighted by Gasteiger charge is 2.30. The van der Waals surface area contributed by atoms with Gasteiger partial charge in [-0.05, 0) is 45.9 Å². The van der Waals surface area contributed by atoms with E-state index in [0.29, 0.717) is 22.6 Å². The number of hydrogen-bond donors (Lipinski definition) is 3. The Labute approximate surface area is 178 Å². The Kier molecular flexibility index (Phi) is 6.47. The second-order valence-electron chi connectivity index (χ2n) is 7.77. The number of rotatable bonds is 8. The smallest absolute Gasteiger partial charge is 0.271 e. The Morgan fingerprint density at radius 3 is 2.67 bits per heavy atom. The van der Waals surface area contributed by atoms with Crippen LogP contribution in [0.3, 0.4) is 0 Å². The number of amides is 1. The number of nitrogens with one attached hydrogen (secondary N) is 2. The third-order valence-electron chi connectivity index (χ3n) is 4.29. The molecule has 1 atom stereocenters. The Balaban J connectivity index is 1.83. The van der Waals surface area contributed by atoms with Crippen molar-refractivity contribution in [1.29, 1.82) is 0 Å². The fourth-order valence-corrected chi connectivity index (χ4v) is 3.21. The van der Waals surface area contributed by atoms with Crippen molar-refractivity contribution in [1.82, 2.24) is 20.4 Å². The number of thiazole rings is 1. The lowest BCUT2D eigenvalue weighted by molar-refractivity contribution is -0.000292. The first-order valence-electron chi connectivity index (χ1n) is 9.50. The fraction of sp³-hybridized carbons (Fsp3) is 0.400. The predicted octanol–water partition coefficient (Wildman–Crippen LogP) is 3.17. The van der Waals surface area contributed by atoms with Gasteiger partial charge in [0.25, 0.3) is 5.91 Å². The van der Waals surface area contributed by atoms with Gasteiger partial charge in [-0.2, -0.15) is 0 Å². The number of halogens is 1. The lowest BCUT2D eigenvalue weighted by Gasteiger charge is -2.31. The third kappa shape index (κ3) is 5.39.